The van der Waals surface area contributed by atoms with Crippen molar-refractivity contribution in [2.75, 3.05) is 0 Å². The maximum atomic E-state index is 12.6. The largest absolute Gasteiger partial charge is 0.416 e. The van der Waals surface area contributed by atoms with Gasteiger partial charge in [0.15, 0.2) is 0 Å². The molecule has 0 bridgehead atoms. The molecule has 0 radical (unpaired) electrons. The van der Waals surface area contributed by atoms with E-state index in [4.69, 9.17) is 5.11 Å². The number of aliphatic hydroxyl groups is 1. The summed E-state index contributed by atoms with van der Waals surface area (Å²) in [4.78, 5) is 0. The van der Waals surface area contributed by atoms with Crippen molar-refractivity contribution >= 4 is 0 Å². The lowest BCUT2D eigenvalue weighted by atomic mass is 10.0. The first-order chi connectivity index (χ1) is 6.32. The molecular weight excluding hydrogens is 200 g/mol. The minimum absolute atomic E-state index is 0.447. The van der Waals surface area contributed by atoms with E-state index in [1.807, 2.05) is 0 Å². The minimum Gasteiger partial charge on any atom is -0.389 e. The Morgan fingerprint density at radius 3 is 2.29 bits per heavy atom. The summed E-state index contributed by atoms with van der Waals surface area (Å²) in [5.41, 5.74) is -1.45. The molecule has 0 fully saturated rings. The first-order valence-corrected chi connectivity index (χ1v) is 3.87. The van der Waals surface area contributed by atoms with Crippen molar-refractivity contribution < 1.29 is 22.7 Å². The molecule has 0 spiro atoms. The fraction of sp³-hybridized carbons (Fsp3) is 0.333. The molecule has 0 aliphatic rings. The molecule has 0 aliphatic carbocycles. The summed E-state index contributed by atoms with van der Waals surface area (Å²) in [6.45, 7) is 1.16. The molecule has 1 nitrogen and oxygen atoms in total. The Morgan fingerprint density at radius 2 is 1.86 bits per heavy atom. The van der Waals surface area contributed by atoms with Gasteiger partial charge in [0, 0.05) is 0 Å². The Kier molecular flexibility index (Phi) is 2.80. The molecule has 1 atom stereocenters. The van der Waals surface area contributed by atoms with Crippen LogP contribution in [0, 0.1) is 5.82 Å². The second kappa shape index (κ2) is 3.57. The van der Waals surface area contributed by atoms with Crippen molar-refractivity contribution in [1.82, 2.24) is 0 Å². The number of aliphatic hydroxyl groups excluding tert-OH is 1. The number of rotatable bonds is 1. The third-order valence-corrected chi connectivity index (χ3v) is 1.77. The first-order valence-electron chi connectivity index (χ1n) is 3.87. The summed E-state index contributed by atoms with van der Waals surface area (Å²) < 4.78 is 49.5. The van der Waals surface area contributed by atoms with Crippen molar-refractivity contribution in [3.8, 4) is 0 Å². The molecule has 78 valence electrons. The molecule has 1 aromatic carbocycles. The maximum absolute atomic E-state index is 12.6. The number of hydrogen-bond acceptors (Lipinski definition) is 1. The molecule has 0 amide bonds. The van der Waals surface area contributed by atoms with Gasteiger partial charge in [0.25, 0.3) is 0 Å². The molecular formula is C9H8F4O. The van der Waals surface area contributed by atoms with Crippen LogP contribution >= 0.6 is 0 Å². The van der Waals surface area contributed by atoms with Crippen molar-refractivity contribution in [2.45, 2.75) is 19.2 Å². The van der Waals surface area contributed by atoms with Crippen LogP contribution in [0.4, 0.5) is 17.6 Å². The topological polar surface area (TPSA) is 20.2 Å². The average molecular weight is 208 g/mol. The highest BCUT2D eigenvalue weighted by atomic mass is 19.4. The number of halogens is 4. The van der Waals surface area contributed by atoms with E-state index in [-0.39, 0.29) is 0 Å². The zero-order valence-electron chi connectivity index (χ0n) is 7.27. The van der Waals surface area contributed by atoms with Crippen LogP contribution in [0.25, 0.3) is 0 Å². The molecule has 1 rings (SSSR count). The molecule has 1 aromatic rings. The quantitative estimate of drug-likeness (QED) is 0.703. The smallest absolute Gasteiger partial charge is 0.389 e. The Labute approximate surface area is 78.0 Å². The zero-order valence-corrected chi connectivity index (χ0v) is 7.27. The third kappa shape index (κ3) is 2.23. The van der Waals surface area contributed by atoms with Crippen LogP contribution in [0.3, 0.4) is 0 Å². The minimum atomic E-state index is -4.57. The molecule has 0 unspecified atom stereocenters. The average Bonchev–Trinajstić information content (AvgIpc) is 2.01. The molecule has 0 saturated carbocycles. The van der Waals surface area contributed by atoms with E-state index < -0.39 is 29.2 Å². The molecule has 0 aromatic heterocycles. The normalized spacial score (nSPS) is 14.1. The molecule has 0 saturated heterocycles. The number of benzene rings is 1. The third-order valence-electron chi connectivity index (χ3n) is 1.77. The molecule has 1 N–H and O–H groups in total. The summed E-state index contributed by atoms with van der Waals surface area (Å²) >= 11 is 0. The zero-order chi connectivity index (χ0) is 10.9. The second-order valence-corrected chi connectivity index (χ2v) is 2.91. The summed E-state index contributed by atoms with van der Waals surface area (Å²) in [7, 11) is 0. The van der Waals surface area contributed by atoms with Gasteiger partial charge in [-0.2, -0.15) is 13.2 Å². The molecule has 0 aliphatic heterocycles. The van der Waals surface area contributed by atoms with Crippen LogP contribution in [0.2, 0.25) is 0 Å². The van der Waals surface area contributed by atoms with Crippen LogP contribution in [-0.4, -0.2) is 5.11 Å². The number of alkyl halides is 3. The Bertz CT molecular complexity index is 330. The van der Waals surface area contributed by atoms with Gasteiger partial charge in [-0.3, -0.25) is 0 Å². The highest BCUT2D eigenvalue weighted by Gasteiger charge is 2.34. The summed E-state index contributed by atoms with van der Waals surface area (Å²) in [5.74, 6) is -0.797. The highest BCUT2D eigenvalue weighted by molar-refractivity contribution is 5.31. The summed E-state index contributed by atoms with van der Waals surface area (Å²) in [5, 5.41) is 9.03. The summed E-state index contributed by atoms with van der Waals surface area (Å²) in [6, 6.07) is 2.03. The lowest BCUT2D eigenvalue weighted by molar-refractivity contribution is -0.139. The van der Waals surface area contributed by atoms with E-state index in [0.29, 0.717) is 18.2 Å². The standard InChI is InChI=1S/C9H8F4O/c1-5(14)7-4-6(10)2-3-8(7)9(11,12)13/h2-5,14H,1H3/t5-/m0/s1. The fourth-order valence-electron chi connectivity index (χ4n) is 1.14. The van der Waals surface area contributed by atoms with Gasteiger partial charge in [0.1, 0.15) is 5.82 Å². The molecule has 5 heteroatoms. The van der Waals surface area contributed by atoms with Crippen molar-refractivity contribution in [3.63, 3.8) is 0 Å². The van der Waals surface area contributed by atoms with Crippen LogP contribution in [0.1, 0.15) is 24.2 Å². The van der Waals surface area contributed by atoms with Crippen LogP contribution in [-0.2, 0) is 6.18 Å². The SMILES string of the molecule is C[C@H](O)c1cc(F)ccc1C(F)(F)F. The van der Waals surface area contributed by atoms with Gasteiger partial charge in [-0.25, -0.2) is 4.39 Å². The van der Waals surface area contributed by atoms with Gasteiger partial charge in [0.2, 0.25) is 0 Å². The first kappa shape index (κ1) is 11.0. The predicted molar refractivity (Wildman–Crippen MR) is 42.0 cm³/mol. The summed E-state index contributed by atoms with van der Waals surface area (Å²) in [6.07, 6.45) is -5.91. The monoisotopic (exact) mass is 208 g/mol. The number of hydrogen-bond donors (Lipinski definition) is 1. The van der Waals surface area contributed by atoms with E-state index in [1.165, 1.54) is 0 Å². The Balaban J connectivity index is 3.29. The lowest BCUT2D eigenvalue weighted by Gasteiger charge is -2.14. The van der Waals surface area contributed by atoms with E-state index >= 15 is 0 Å². The van der Waals surface area contributed by atoms with Gasteiger partial charge >= 0.3 is 6.18 Å². The van der Waals surface area contributed by atoms with Crippen LogP contribution < -0.4 is 0 Å². The fourth-order valence-corrected chi connectivity index (χ4v) is 1.14. The van der Waals surface area contributed by atoms with Gasteiger partial charge in [-0.05, 0) is 30.7 Å². The molecule has 0 heterocycles. The van der Waals surface area contributed by atoms with Crippen LogP contribution in [0.15, 0.2) is 18.2 Å². The second-order valence-electron chi connectivity index (χ2n) is 2.91. The molecule has 14 heavy (non-hydrogen) atoms. The Morgan fingerprint density at radius 1 is 1.29 bits per heavy atom. The maximum Gasteiger partial charge on any atom is 0.416 e. The van der Waals surface area contributed by atoms with Crippen molar-refractivity contribution in [3.05, 3.63) is 35.1 Å². The highest BCUT2D eigenvalue weighted by Crippen LogP contribution is 2.34. The van der Waals surface area contributed by atoms with E-state index in [2.05, 4.69) is 0 Å². The van der Waals surface area contributed by atoms with Gasteiger partial charge < -0.3 is 5.11 Å². The predicted octanol–water partition coefficient (Wildman–Crippen LogP) is 2.90. The van der Waals surface area contributed by atoms with Gasteiger partial charge in [-0.15, -0.1) is 0 Å². The van der Waals surface area contributed by atoms with Gasteiger partial charge in [0.05, 0.1) is 11.7 Å². The van der Waals surface area contributed by atoms with Crippen molar-refractivity contribution in [2.24, 2.45) is 0 Å². The van der Waals surface area contributed by atoms with E-state index in [0.717, 1.165) is 6.92 Å². The van der Waals surface area contributed by atoms with Crippen LogP contribution in [0.5, 0.6) is 0 Å². The van der Waals surface area contributed by atoms with Gasteiger partial charge in [-0.1, -0.05) is 0 Å². The van der Waals surface area contributed by atoms with E-state index in [9.17, 15) is 17.6 Å². The van der Waals surface area contributed by atoms with Crippen molar-refractivity contribution in [1.29, 1.82) is 0 Å². The van der Waals surface area contributed by atoms with E-state index in [1.54, 1.807) is 0 Å². The Hall–Kier alpha value is -1.10. The lowest BCUT2D eigenvalue weighted by Crippen LogP contribution is -2.11.